The van der Waals surface area contributed by atoms with Gasteiger partial charge in [0.05, 0.1) is 6.54 Å². The summed E-state index contributed by atoms with van der Waals surface area (Å²) in [6.07, 6.45) is 2.23. The maximum absolute atomic E-state index is 5.97. The molecule has 0 radical (unpaired) electrons. The van der Waals surface area contributed by atoms with Crippen LogP contribution in [-0.4, -0.2) is 62.9 Å². The van der Waals surface area contributed by atoms with Gasteiger partial charge in [-0.3, -0.25) is 4.90 Å². The number of nitrogens with one attached hydrogen (secondary N) is 2. The lowest BCUT2D eigenvalue weighted by atomic mass is 10.1. The number of benzene rings is 1. The van der Waals surface area contributed by atoms with E-state index in [4.69, 9.17) is 9.47 Å². The van der Waals surface area contributed by atoms with Crippen molar-refractivity contribution in [2.45, 2.75) is 52.2 Å². The molecule has 1 aliphatic heterocycles. The van der Waals surface area contributed by atoms with Gasteiger partial charge >= 0.3 is 0 Å². The maximum atomic E-state index is 5.97. The predicted octanol–water partition coefficient (Wildman–Crippen LogP) is 3.26. The summed E-state index contributed by atoms with van der Waals surface area (Å²) in [6, 6.07) is 9.18. The van der Waals surface area contributed by atoms with Gasteiger partial charge in [-0.05, 0) is 58.4 Å². The Bertz CT molecular complexity index is 577. The summed E-state index contributed by atoms with van der Waals surface area (Å²) < 4.78 is 11.4. The first-order valence-electron chi connectivity index (χ1n) is 10.1. The number of ether oxygens (including phenoxy) is 2. The molecule has 0 unspecified atom stereocenters. The van der Waals surface area contributed by atoms with Gasteiger partial charge in [0.2, 0.25) is 0 Å². The summed E-state index contributed by atoms with van der Waals surface area (Å²) in [4.78, 5) is 7.04. The standard InChI is InChI=1S/C21H36N4O2.HI/c1-5-22-21(24-17(2)3)23-16-18-7-6-8-20(15-18)27-14-11-25(4)19-9-12-26-13-10-19;/h6-8,15,17,19H,5,9-14,16H2,1-4H3,(H2,22,23,24);1H. The number of rotatable bonds is 9. The summed E-state index contributed by atoms with van der Waals surface area (Å²) in [5.74, 6) is 1.75. The lowest BCUT2D eigenvalue weighted by Crippen LogP contribution is -2.41. The van der Waals surface area contributed by atoms with Crippen molar-refractivity contribution in [1.82, 2.24) is 15.5 Å². The highest BCUT2D eigenvalue weighted by atomic mass is 127. The highest BCUT2D eigenvalue weighted by Gasteiger charge is 2.17. The van der Waals surface area contributed by atoms with Crippen LogP contribution in [0.15, 0.2) is 29.3 Å². The Balaban J connectivity index is 0.00000392. The summed E-state index contributed by atoms with van der Waals surface area (Å²) in [7, 11) is 2.18. The molecular formula is C21H37IN4O2. The largest absolute Gasteiger partial charge is 0.492 e. The van der Waals surface area contributed by atoms with Crippen molar-refractivity contribution >= 4 is 29.9 Å². The third-order valence-electron chi connectivity index (χ3n) is 4.61. The van der Waals surface area contributed by atoms with Gasteiger partial charge in [-0.1, -0.05) is 12.1 Å². The van der Waals surface area contributed by atoms with E-state index in [1.165, 1.54) is 0 Å². The Kier molecular flexibility index (Phi) is 12.5. The van der Waals surface area contributed by atoms with Gasteiger partial charge in [-0.2, -0.15) is 0 Å². The maximum Gasteiger partial charge on any atom is 0.191 e. The number of likely N-dealkylation sites (N-methyl/N-ethyl adjacent to an activating group) is 1. The number of hydrogen-bond acceptors (Lipinski definition) is 4. The van der Waals surface area contributed by atoms with Gasteiger partial charge in [0, 0.05) is 38.4 Å². The van der Waals surface area contributed by atoms with Crippen molar-refractivity contribution in [2.75, 3.05) is 40.0 Å². The van der Waals surface area contributed by atoms with Crippen LogP contribution in [0.1, 0.15) is 39.2 Å². The molecule has 2 rings (SSSR count). The number of hydrogen-bond donors (Lipinski definition) is 2. The Morgan fingerprint density at radius 3 is 2.75 bits per heavy atom. The smallest absolute Gasteiger partial charge is 0.191 e. The lowest BCUT2D eigenvalue weighted by molar-refractivity contribution is 0.0392. The van der Waals surface area contributed by atoms with E-state index in [1.807, 2.05) is 12.1 Å². The van der Waals surface area contributed by atoms with Crippen molar-refractivity contribution < 1.29 is 9.47 Å². The quantitative estimate of drug-likeness (QED) is 0.307. The van der Waals surface area contributed by atoms with Gasteiger partial charge in [0.1, 0.15) is 12.4 Å². The second kappa shape index (κ2) is 14.0. The van der Waals surface area contributed by atoms with E-state index in [0.29, 0.717) is 25.2 Å². The van der Waals surface area contributed by atoms with E-state index in [1.54, 1.807) is 0 Å². The zero-order valence-corrected chi connectivity index (χ0v) is 20.1. The van der Waals surface area contributed by atoms with E-state index >= 15 is 0 Å². The monoisotopic (exact) mass is 504 g/mol. The van der Waals surface area contributed by atoms with Crippen molar-refractivity contribution in [2.24, 2.45) is 4.99 Å². The molecule has 1 saturated heterocycles. The minimum absolute atomic E-state index is 0. The molecule has 0 amide bonds. The van der Waals surface area contributed by atoms with Crippen molar-refractivity contribution in [3.8, 4) is 5.75 Å². The van der Waals surface area contributed by atoms with Gasteiger partial charge in [-0.15, -0.1) is 24.0 Å². The zero-order chi connectivity index (χ0) is 19.5. The normalized spacial score (nSPS) is 15.4. The van der Waals surface area contributed by atoms with Crippen molar-refractivity contribution in [3.05, 3.63) is 29.8 Å². The molecule has 1 fully saturated rings. The Morgan fingerprint density at radius 1 is 1.32 bits per heavy atom. The minimum atomic E-state index is 0. The summed E-state index contributed by atoms with van der Waals surface area (Å²) in [6.45, 7) is 11.1. The predicted molar refractivity (Wildman–Crippen MR) is 127 cm³/mol. The molecule has 1 aromatic carbocycles. The average Bonchev–Trinajstić information content (AvgIpc) is 2.67. The molecule has 0 saturated carbocycles. The van der Waals surface area contributed by atoms with Crippen LogP contribution in [0.25, 0.3) is 0 Å². The van der Waals surface area contributed by atoms with Crippen LogP contribution in [0.3, 0.4) is 0 Å². The van der Waals surface area contributed by atoms with E-state index in [-0.39, 0.29) is 24.0 Å². The fraction of sp³-hybridized carbons (Fsp3) is 0.667. The SMILES string of the molecule is CCNC(=NCc1cccc(OCCN(C)C2CCOCC2)c1)NC(C)C.I. The molecule has 0 aliphatic carbocycles. The van der Waals surface area contributed by atoms with Gasteiger partial charge < -0.3 is 20.1 Å². The van der Waals surface area contributed by atoms with E-state index in [9.17, 15) is 0 Å². The second-order valence-electron chi connectivity index (χ2n) is 7.31. The molecule has 7 heteroatoms. The molecule has 160 valence electrons. The van der Waals surface area contributed by atoms with Gasteiger partial charge in [0.25, 0.3) is 0 Å². The molecule has 0 atom stereocenters. The van der Waals surface area contributed by atoms with Crippen molar-refractivity contribution in [1.29, 1.82) is 0 Å². The fourth-order valence-electron chi connectivity index (χ4n) is 3.11. The highest BCUT2D eigenvalue weighted by Crippen LogP contribution is 2.15. The zero-order valence-electron chi connectivity index (χ0n) is 17.7. The average molecular weight is 504 g/mol. The third-order valence-corrected chi connectivity index (χ3v) is 4.61. The first-order valence-corrected chi connectivity index (χ1v) is 10.1. The van der Waals surface area contributed by atoms with Crippen LogP contribution in [0, 0.1) is 0 Å². The molecule has 28 heavy (non-hydrogen) atoms. The number of guanidine groups is 1. The Morgan fingerprint density at radius 2 is 2.07 bits per heavy atom. The topological polar surface area (TPSA) is 58.1 Å². The molecule has 1 heterocycles. The highest BCUT2D eigenvalue weighted by molar-refractivity contribution is 14.0. The first-order chi connectivity index (χ1) is 13.1. The summed E-state index contributed by atoms with van der Waals surface area (Å²) >= 11 is 0. The minimum Gasteiger partial charge on any atom is -0.492 e. The molecule has 1 aliphatic rings. The van der Waals surface area contributed by atoms with Crippen LogP contribution >= 0.6 is 24.0 Å². The van der Waals surface area contributed by atoms with Crippen LogP contribution in [0.4, 0.5) is 0 Å². The molecule has 0 aromatic heterocycles. The van der Waals surface area contributed by atoms with Gasteiger partial charge in [0.15, 0.2) is 5.96 Å². The third kappa shape index (κ3) is 9.43. The molecule has 0 bridgehead atoms. The number of halogens is 1. The fourth-order valence-corrected chi connectivity index (χ4v) is 3.11. The van der Waals surface area contributed by atoms with Crippen LogP contribution in [0.2, 0.25) is 0 Å². The van der Waals surface area contributed by atoms with E-state index < -0.39 is 0 Å². The molecule has 0 spiro atoms. The van der Waals surface area contributed by atoms with E-state index in [0.717, 1.165) is 56.4 Å². The number of nitrogens with zero attached hydrogens (tertiary/aromatic N) is 2. The summed E-state index contributed by atoms with van der Waals surface area (Å²) in [5, 5.41) is 6.61. The summed E-state index contributed by atoms with van der Waals surface area (Å²) in [5.41, 5.74) is 1.14. The molecular weight excluding hydrogens is 467 g/mol. The van der Waals surface area contributed by atoms with Gasteiger partial charge in [-0.25, -0.2) is 4.99 Å². The first kappa shape index (κ1) is 25.0. The van der Waals surface area contributed by atoms with Crippen LogP contribution < -0.4 is 15.4 Å². The van der Waals surface area contributed by atoms with Crippen molar-refractivity contribution in [3.63, 3.8) is 0 Å². The molecule has 2 N–H and O–H groups in total. The lowest BCUT2D eigenvalue weighted by Gasteiger charge is -2.31. The Labute approximate surface area is 187 Å². The Hall–Kier alpha value is -1.06. The van der Waals surface area contributed by atoms with Crippen LogP contribution in [0.5, 0.6) is 5.75 Å². The number of aliphatic imine (C=N–C) groups is 1. The van der Waals surface area contributed by atoms with E-state index in [2.05, 4.69) is 60.5 Å². The molecule has 1 aromatic rings. The molecule has 6 nitrogen and oxygen atoms in total. The second-order valence-corrected chi connectivity index (χ2v) is 7.31. The van der Waals surface area contributed by atoms with Crippen LogP contribution in [-0.2, 0) is 11.3 Å².